The molecule has 1 heterocycles. The van der Waals surface area contributed by atoms with E-state index in [9.17, 15) is 5.11 Å². The van der Waals surface area contributed by atoms with Crippen molar-refractivity contribution < 1.29 is 9.84 Å². The lowest BCUT2D eigenvalue weighted by molar-refractivity contribution is 0.140. The minimum atomic E-state index is -0.391. The predicted octanol–water partition coefficient (Wildman–Crippen LogP) is 3.48. The summed E-state index contributed by atoms with van der Waals surface area (Å²) in [4.78, 5) is 0. The van der Waals surface area contributed by atoms with Crippen molar-refractivity contribution in [1.29, 1.82) is 0 Å². The number of para-hydroxylation sites is 1. The van der Waals surface area contributed by atoms with Crippen LogP contribution in [0.4, 0.5) is 0 Å². The van der Waals surface area contributed by atoms with Crippen LogP contribution in [0.2, 0.25) is 0 Å². The number of aliphatic hydroxyl groups is 1. The van der Waals surface area contributed by atoms with Crippen LogP contribution in [0.15, 0.2) is 18.2 Å². The lowest BCUT2D eigenvalue weighted by Gasteiger charge is -2.23. The van der Waals surface area contributed by atoms with Gasteiger partial charge in [-0.15, -0.1) is 0 Å². The van der Waals surface area contributed by atoms with Gasteiger partial charge in [0.1, 0.15) is 5.75 Å². The third-order valence-electron chi connectivity index (χ3n) is 3.65. The summed E-state index contributed by atoms with van der Waals surface area (Å²) in [5.41, 5.74) is 2.22. The van der Waals surface area contributed by atoms with E-state index in [0.717, 1.165) is 43.6 Å². The lowest BCUT2D eigenvalue weighted by Crippen LogP contribution is -2.13. The highest BCUT2D eigenvalue weighted by Crippen LogP contribution is 2.35. The summed E-state index contributed by atoms with van der Waals surface area (Å²) in [6, 6.07) is 6.13. The van der Waals surface area contributed by atoms with E-state index in [2.05, 4.69) is 19.9 Å². The van der Waals surface area contributed by atoms with Crippen LogP contribution in [0.5, 0.6) is 5.75 Å². The first-order valence-corrected chi connectivity index (χ1v) is 6.65. The Balaban J connectivity index is 2.20. The Kier molecular flexibility index (Phi) is 4.06. The van der Waals surface area contributed by atoms with Gasteiger partial charge in [0.05, 0.1) is 12.7 Å². The van der Waals surface area contributed by atoms with Crippen molar-refractivity contribution in [3.05, 3.63) is 29.3 Å². The van der Waals surface area contributed by atoms with Crippen molar-refractivity contribution in [2.24, 2.45) is 5.92 Å². The van der Waals surface area contributed by atoms with Gasteiger partial charge in [-0.3, -0.25) is 0 Å². The van der Waals surface area contributed by atoms with Crippen molar-refractivity contribution in [3.8, 4) is 5.75 Å². The maximum Gasteiger partial charge on any atom is 0.128 e. The van der Waals surface area contributed by atoms with Crippen molar-refractivity contribution >= 4 is 0 Å². The van der Waals surface area contributed by atoms with Crippen molar-refractivity contribution in [2.75, 3.05) is 6.61 Å². The zero-order chi connectivity index (χ0) is 12.3. The van der Waals surface area contributed by atoms with E-state index in [1.54, 1.807) is 0 Å². The second kappa shape index (κ2) is 5.54. The molecule has 1 aliphatic heterocycles. The highest BCUT2D eigenvalue weighted by atomic mass is 16.5. The van der Waals surface area contributed by atoms with Crippen molar-refractivity contribution in [3.63, 3.8) is 0 Å². The average molecular weight is 234 g/mol. The average Bonchev–Trinajstić information content (AvgIpc) is 2.37. The van der Waals surface area contributed by atoms with Gasteiger partial charge in [-0.05, 0) is 30.7 Å². The first-order chi connectivity index (χ1) is 8.22. The van der Waals surface area contributed by atoms with E-state index < -0.39 is 6.10 Å². The number of aryl methyl sites for hydroxylation is 1. The lowest BCUT2D eigenvalue weighted by atomic mass is 9.93. The number of fused-ring (bicyclic) bond motifs is 1. The molecule has 1 aliphatic rings. The molecule has 0 fully saturated rings. The Labute approximate surface area is 104 Å². The molecule has 2 unspecified atom stereocenters. The molecule has 0 radical (unpaired) electrons. The molecule has 2 heteroatoms. The molecule has 0 spiro atoms. The monoisotopic (exact) mass is 234 g/mol. The topological polar surface area (TPSA) is 29.5 Å². The van der Waals surface area contributed by atoms with Crippen LogP contribution < -0.4 is 4.74 Å². The van der Waals surface area contributed by atoms with E-state index in [4.69, 9.17) is 4.74 Å². The van der Waals surface area contributed by atoms with E-state index in [1.807, 2.05) is 12.1 Å². The van der Waals surface area contributed by atoms with Crippen LogP contribution in [0.25, 0.3) is 0 Å². The van der Waals surface area contributed by atoms with Crippen molar-refractivity contribution in [2.45, 2.75) is 45.6 Å². The van der Waals surface area contributed by atoms with Gasteiger partial charge in [-0.1, -0.05) is 38.5 Å². The molecule has 94 valence electrons. The highest BCUT2D eigenvalue weighted by molar-refractivity contribution is 5.43. The number of ether oxygens (including phenoxy) is 1. The second-order valence-electron chi connectivity index (χ2n) is 5.05. The Hall–Kier alpha value is -1.02. The van der Waals surface area contributed by atoms with E-state index in [1.165, 1.54) is 5.56 Å². The number of hydrogen-bond donors (Lipinski definition) is 1. The third kappa shape index (κ3) is 2.81. The fourth-order valence-electron chi connectivity index (χ4n) is 2.35. The molecule has 1 aromatic rings. The molecular formula is C15H22O2. The van der Waals surface area contributed by atoms with Crippen LogP contribution in [-0.4, -0.2) is 11.7 Å². The molecule has 0 saturated heterocycles. The second-order valence-corrected chi connectivity index (χ2v) is 5.05. The van der Waals surface area contributed by atoms with Gasteiger partial charge in [0.2, 0.25) is 0 Å². The third-order valence-corrected chi connectivity index (χ3v) is 3.65. The van der Waals surface area contributed by atoms with Gasteiger partial charge < -0.3 is 9.84 Å². The summed E-state index contributed by atoms with van der Waals surface area (Å²) in [5.74, 6) is 1.49. The van der Waals surface area contributed by atoms with Crippen LogP contribution in [0.1, 0.15) is 50.3 Å². The zero-order valence-electron chi connectivity index (χ0n) is 10.8. The van der Waals surface area contributed by atoms with Gasteiger partial charge in [0.15, 0.2) is 0 Å². The Morgan fingerprint density at radius 3 is 3.00 bits per heavy atom. The SMILES string of the molecule is CCC(C)CC(O)c1cccc2c1OCCC2. The molecule has 0 aliphatic carbocycles. The Morgan fingerprint density at radius 2 is 2.24 bits per heavy atom. The molecule has 0 aromatic heterocycles. The number of aliphatic hydroxyl groups excluding tert-OH is 1. The zero-order valence-corrected chi connectivity index (χ0v) is 10.8. The number of rotatable bonds is 4. The summed E-state index contributed by atoms with van der Waals surface area (Å²) in [6.45, 7) is 5.12. The molecule has 2 rings (SSSR count). The van der Waals surface area contributed by atoms with Gasteiger partial charge in [0, 0.05) is 5.56 Å². The summed E-state index contributed by atoms with van der Waals surface area (Å²) < 4.78 is 5.73. The van der Waals surface area contributed by atoms with Gasteiger partial charge in [-0.25, -0.2) is 0 Å². The standard InChI is InChI=1S/C15H22O2/c1-3-11(2)10-14(16)13-8-4-6-12-7-5-9-17-15(12)13/h4,6,8,11,14,16H,3,5,7,9-10H2,1-2H3. The Morgan fingerprint density at radius 1 is 1.41 bits per heavy atom. The normalized spacial score (nSPS) is 18.1. The fraction of sp³-hybridized carbons (Fsp3) is 0.600. The molecule has 0 saturated carbocycles. The molecular weight excluding hydrogens is 212 g/mol. The maximum atomic E-state index is 10.3. The molecule has 1 N–H and O–H groups in total. The summed E-state index contributed by atoms with van der Waals surface area (Å²) in [5, 5.41) is 10.3. The van der Waals surface area contributed by atoms with Gasteiger partial charge in [0.25, 0.3) is 0 Å². The predicted molar refractivity (Wildman–Crippen MR) is 69.3 cm³/mol. The molecule has 0 bridgehead atoms. The largest absolute Gasteiger partial charge is 0.493 e. The minimum absolute atomic E-state index is 0.391. The summed E-state index contributed by atoms with van der Waals surface area (Å²) in [6.07, 6.45) is 3.68. The quantitative estimate of drug-likeness (QED) is 0.864. The van der Waals surface area contributed by atoms with Crippen LogP contribution in [-0.2, 0) is 6.42 Å². The first kappa shape index (κ1) is 12.4. The fourth-order valence-corrected chi connectivity index (χ4v) is 2.35. The molecule has 17 heavy (non-hydrogen) atoms. The molecule has 1 aromatic carbocycles. The summed E-state index contributed by atoms with van der Waals surface area (Å²) in [7, 11) is 0. The van der Waals surface area contributed by atoms with Gasteiger partial charge >= 0.3 is 0 Å². The Bertz CT molecular complexity index is 373. The molecule has 2 nitrogen and oxygen atoms in total. The first-order valence-electron chi connectivity index (χ1n) is 6.65. The van der Waals surface area contributed by atoms with Crippen LogP contribution in [0, 0.1) is 5.92 Å². The minimum Gasteiger partial charge on any atom is -0.493 e. The molecule has 0 amide bonds. The highest BCUT2D eigenvalue weighted by Gasteiger charge is 2.20. The number of hydrogen-bond acceptors (Lipinski definition) is 2. The van der Waals surface area contributed by atoms with E-state index >= 15 is 0 Å². The van der Waals surface area contributed by atoms with Gasteiger partial charge in [-0.2, -0.15) is 0 Å². The van der Waals surface area contributed by atoms with Crippen LogP contribution in [0.3, 0.4) is 0 Å². The maximum absolute atomic E-state index is 10.3. The summed E-state index contributed by atoms with van der Waals surface area (Å²) >= 11 is 0. The van der Waals surface area contributed by atoms with E-state index in [-0.39, 0.29) is 0 Å². The smallest absolute Gasteiger partial charge is 0.128 e. The van der Waals surface area contributed by atoms with Crippen molar-refractivity contribution in [1.82, 2.24) is 0 Å². The molecule has 2 atom stereocenters. The van der Waals surface area contributed by atoms with Crippen LogP contribution >= 0.6 is 0 Å². The number of benzene rings is 1. The van der Waals surface area contributed by atoms with E-state index in [0.29, 0.717) is 5.92 Å².